The van der Waals surface area contributed by atoms with Crippen LogP contribution in [0.5, 0.6) is 0 Å². The van der Waals surface area contributed by atoms with Crippen molar-refractivity contribution in [3.8, 4) is 11.3 Å². The molecule has 0 aliphatic rings. The number of furan rings is 1. The van der Waals surface area contributed by atoms with Gasteiger partial charge in [-0.25, -0.2) is 0 Å². The second-order valence-electron chi connectivity index (χ2n) is 5.69. The Morgan fingerprint density at radius 1 is 1.15 bits per heavy atom. The fourth-order valence-electron chi connectivity index (χ4n) is 2.77. The van der Waals surface area contributed by atoms with E-state index in [0.717, 1.165) is 15.4 Å². The van der Waals surface area contributed by atoms with Gasteiger partial charge in [0, 0.05) is 16.4 Å². The summed E-state index contributed by atoms with van der Waals surface area (Å²) in [6.45, 7) is 0.344. The molecule has 0 radical (unpaired) electrons. The summed E-state index contributed by atoms with van der Waals surface area (Å²) in [5, 5.41) is 7.66. The van der Waals surface area contributed by atoms with Gasteiger partial charge in [0.15, 0.2) is 0 Å². The zero-order valence-corrected chi connectivity index (χ0v) is 15.1. The highest BCUT2D eigenvalue weighted by Gasteiger charge is 2.24. The first-order chi connectivity index (χ1) is 12.6. The van der Waals surface area contributed by atoms with E-state index in [-0.39, 0.29) is 17.4 Å². The highest BCUT2D eigenvalue weighted by Crippen LogP contribution is 2.34. The van der Waals surface area contributed by atoms with Gasteiger partial charge in [0.05, 0.1) is 5.56 Å². The first kappa shape index (κ1) is 16.4. The molecule has 0 spiro atoms. The average Bonchev–Trinajstić information content (AvgIpc) is 3.24. The number of hydrogen-bond donors (Lipinski definition) is 2. The minimum atomic E-state index is -0.361. The van der Waals surface area contributed by atoms with Crippen molar-refractivity contribution in [3.05, 3.63) is 70.4 Å². The zero-order valence-electron chi connectivity index (χ0n) is 13.5. The van der Waals surface area contributed by atoms with Gasteiger partial charge in [0.2, 0.25) is 5.88 Å². The molecule has 2 aromatic heterocycles. The Hall–Kier alpha value is -3.06. The van der Waals surface area contributed by atoms with Crippen LogP contribution in [0.25, 0.3) is 22.2 Å². The molecule has 0 saturated carbocycles. The maximum Gasteiger partial charge on any atom is 0.259 e. The van der Waals surface area contributed by atoms with E-state index in [9.17, 15) is 4.79 Å². The summed E-state index contributed by atoms with van der Waals surface area (Å²) in [7, 11) is 0. The van der Waals surface area contributed by atoms with Crippen molar-refractivity contribution in [1.82, 2.24) is 10.5 Å². The van der Waals surface area contributed by atoms with Gasteiger partial charge in [-0.1, -0.05) is 57.5 Å². The lowest BCUT2D eigenvalue weighted by Gasteiger charge is -2.07. The summed E-state index contributed by atoms with van der Waals surface area (Å²) in [5.41, 5.74) is 8.72. The van der Waals surface area contributed by atoms with E-state index in [1.54, 1.807) is 6.26 Å². The SMILES string of the molecule is Nc1onc(-c2coc3ccccc23)c1C(=O)NCc1ccccc1Br. The molecular formula is C19H14BrN3O3. The average molecular weight is 412 g/mol. The highest BCUT2D eigenvalue weighted by molar-refractivity contribution is 9.10. The number of carbonyl (C=O) groups is 1. The van der Waals surface area contributed by atoms with Crippen molar-refractivity contribution in [2.45, 2.75) is 6.54 Å². The summed E-state index contributed by atoms with van der Waals surface area (Å²) >= 11 is 3.46. The van der Waals surface area contributed by atoms with E-state index in [1.165, 1.54) is 0 Å². The second kappa shape index (κ2) is 6.68. The molecule has 1 amide bonds. The molecule has 0 aliphatic carbocycles. The van der Waals surface area contributed by atoms with Gasteiger partial charge in [0.1, 0.15) is 23.1 Å². The van der Waals surface area contributed by atoms with Crippen LogP contribution in [0, 0.1) is 0 Å². The van der Waals surface area contributed by atoms with Gasteiger partial charge in [-0.15, -0.1) is 0 Å². The number of benzene rings is 2. The number of fused-ring (bicyclic) bond motifs is 1. The largest absolute Gasteiger partial charge is 0.464 e. The van der Waals surface area contributed by atoms with Gasteiger partial charge in [-0.2, -0.15) is 0 Å². The number of nitrogen functional groups attached to an aromatic ring is 1. The number of anilines is 1. The van der Waals surface area contributed by atoms with Crippen LogP contribution in [0.4, 0.5) is 5.88 Å². The normalized spacial score (nSPS) is 11.0. The van der Waals surface area contributed by atoms with Crippen molar-refractivity contribution in [1.29, 1.82) is 0 Å². The van der Waals surface area contributed by atoms with Crippen molar-refractivity contribution in [3.63, 3.8) is 0 Å². The van der Waals surface area contributed by atoms with Crippen LogP contribution in [0.3, 0.4) is 0 Å². The third-order valence-corrected chi connectivity index (χ3v) is 4.85. The third-order valence-electron chi connectivity index (χ3n) is 4.08. The molecule has 6 nitrogen and oxygen atoms in total. The van der Waals surface area contributed by atoms with Crippen LogP contribution in [-0.4, -0.2) is 11.1 Å². The molecule has 0 atom stereocenters. The standard InChI is InChI=1S/C19H14BrN3O3/c20-14-7-3-1-5-11(14)9-22-19(24)16-17(23-26-18(16)21)13-10-25-15-8-4-2-6-12(13)15/h1-8,10H,9,21H2,(H,22,24). The van der Waals surface area contributed by atoms with Crippen LogP contribution in [-0.2, 0) is 6.54 Å². The number of halogens is 1. The first-order valence-electron chi connectivity index (χ1n) is 7.88. The van der Waals surface area contributed by atoms with Crippen LogP contribution < -0.4 is 11.1 Å². The molecule has 0 aliphatic heterocycles. The maximum absolute atomic E-state index is 12.7. The summed E-state index contributed by atoms with van der Waals surface area (Å²) in [6, 6.07) is 15.1. The predicted octanol–water partition coefficient (Wildman–Crippen LogP) is 4.36. The van der Waals surface area contributed by atoms with Crippen molar-refractivity contribution in [2.24, 2.45) is 0 Å². The fraction of sp³-hybridized carbons (Fsp3) is 0.0526. The number of rotatable bonds is 4. The van der Waals surface area contributed by atoms with Crippen molar-refractivity contribution < 1.29 is 13.7 Å². The summed E-state index contributed by atoms with van der Waals surface area (Å²) in [6.07, 6.45) is 1.55. The lowest BCUT2D eigenvalue weighted by Crippen LogP contribution is -2.24. The van der Waals surface area contributed by atoms with Crippen LogP contribution in [0.2, 0.25) is 0 Å². The van der Waals surface area contributed by atoms with Crippen LogP contribution in [0.1, 0.15) is 15.9 Å². The summed E-state index contributed by atoms with van der Waals surface area (Å²) in [5.74, 6) is -0.394. The smallest absolute Gasteiger partial charge is 0.259 e. The molecule has 2 aromatic carbocycles. The van der Waals surface area contributed by atoms with E-state index >= 15 is 0 Å². The molecule has 4 aromatic rings. The predicted molar refractivity (Wildman–Crippen MR) is 101 cm³/mol. The Morgan fingerprint density at radius 2 is 1.92 bits per heavy atom. The molecule has 130 valence electrons. The van der Waals surface area contributed by atoms with Gasteiger partial charge in [-0.3, -0.25) is 4.79 Å². The molecular weight excluding hydrogens is 398 g/mol. The number of para-hydroxylation sites is 1. The zero-order chi connectivity index (χ0) is 18.1. The Kier molecular flexibility index (Phi) is 4.22. The van der Waals surface area contributed by atoms with Crippen LogP contribution in [0.15, 0.2) is 68.2 Å². The van der Waals surface area contributed by atoms with Gasteiger partial charge >= 0.3 is 0 Å². The molecule has 3 N–H and O–H groups in total. The number of nitrogens with two attached hydrogens (primary N) is 1. The molecule has 4 rings (SSSR count). The minimum absolute atomic E-state index is 0.0325. The minimum Gasteiger partial charge on any atom is -0.464 e. The molecule has 0 saturated heterocycles. The fourth-order valence-corrected chi connectivity index (χ4v) is 3.20. The summed E-state index contributed by atoms with van der Waals surface area (Å²) in [4.78, 5) is 12.7. The topological polar surface area (TPSA) is 94.3 Å². The monoisotopic (exact) mass is 411 g/mol. The van der Waals surface area contributed by atoms with E-state index in [4.69, 9.17) is 14.7 Å². The lowest BCUT2D eigenvalue weighted by molar-refractivity contribution is 0.0952. The molecule has 2 heterocycles. The highest BCUT2D eigenvalue weighted by atomic mass is 79.9. The molecule has 7 heteroatoms. The Labute approximate surface area is 157 Å². The number of amides is 1. The molecule has 0 unspecified atom stereocenters. The van der Waals surface area contributed by atoms with Gasteiger partial charge < -0.3 is 20.0 Å². The lowest BCUT2D eigenvalue weighted by atomic mass is 10.1. The molecule has 26 heavy (non-hydrogen) atoms. The number of carbonyl (C=O) groups excluding carboxylic acids is 1. The Balaban J connectivity index is 1.66. The first-order valence-corrected chi connectivity index (χ1v) is 8.68. The van der Waals surface area contributed by atoms with Crippen molar-refractivity contribution in [2.75, 3.05) is 5.73 Å². The van der Waals surface area contributed by atoms with Crippen LogP contribution >= 0.6 is 15.9 Å². The van der Waals surface area contributed by atoms with Gasteiger partial charge in [-0.05, 0) is 17.7 Å². The maximum atomic E-state index is 12.7. The third kappa shape index (κ3) is 2.86. The van der Waals surface area contributed by atoms with E-state index in [1.807, 2.05) is 48.5 Å². The quantitative estimate of drug-likeness (QED) is 0.519. The number of nitrogens with zero attached hydrogens (tertiary/aromatic N) is 1. The Morgan fingerprint density at radius 3 is 2.77 bits per heavy atom. The Bertz CT molecular complexity index is 1100. The van der Waals surface area contributed by atoms with Crippen molar-refractivity contribution >= 4 is 38.7 Å². The van der Waals surface area contributed by atoms with E-state index in [0.29, 0.717) is 23.4 Å². The second-order valence-corrected chi connectivity index (χ2v) is 6.54. The molecule has 0 bridgehead atoms. The number of hydrogen-bond acceptors (Lipinski definition) is 5. The number of aromatic nitrogens is 1. The van der Waals surface area contributed by atoms with Gasteiger partial charge in [0.25, 0.3) is 5.91 Å². The molecule has 0 fully saturated rings. The number of nitrogens with one attached hydrogen (secondary N) is 1. The summed E-state index contributed by atoms with van der Waals surface area (Å²) < 4.78 is 11.5. The van der Waals surface area contributed by atoms with E-state index in [2.05, 4.69) is 26.4 Å². The van der Waals surface area contributed by atoms with E-state index < -0.39 is 0 Å².